The predicted molar refractivity (Wildman–Crippen MR) is 98.5 cm³/mol. The number of aromatic nitrogens is 1. The molecule has 1 atom stereocenters. The molecule has 0 saturated heterocycles. The molecule has 1 N–H and O–H groups in total. The Balaban J connectivity index is 1.83. The highest BCUT2D eigenvalue weighted by Crippen LogP contribution is 2.27. The van der Waals surface area contributed by atoms with Gasteiger partial charge in [0.25, 0.3) is 5.91 Å². The van der Waals surface area contributed by atoms with Crippen LogP contribution in [-0.2, 0) is 0 Å². The lowest BCUT2D eigenvalue weighted by Gasteiger charge is -2.16. The minimum Gasteiger partial charge on any atom is -0.496 e. The molecule has 2 aromatic carbocycles. The van der Waals surface area contributed by atoms with Gasteiger partial charge in [-0.05, 0) is 47.9 Å². The SMILES string of the molecule is COc1cc(-c2ccncc2)ccc1C(=O)N[C@@H](C)c1ccccc1. The molecular weight excluding hydrogens is 312 g/mol. The second-order valence-corrected chi connectivity index (χ2v) is 5.76. The summed E-state index contributed by atoms with van der Waals surface area (Å²) in [7, 11) is 1.57. The summed E-state index contributed by atoms with van der Waals surface area (Å²) in [5.41, 5.74) is 3.58. The number of pyridine rings is 1. The maximum Gasteiger partial charge on any atom is 0.255 e. The van der Waals surface area contributed by atoms with Crippen molar-refractivity contribution >= 4 is 5.91 Å². The quantitative estimate of drug-likeness (QED) is 0.760. The average molecular weight is 332 g/mol. The second kappa shape index (κ2) is 7.62. The summed E-state index contributed by atoms with van der Waals surface area (Å²) in [5.74, 6) is 0.390. The Bertz CT molecular complexity index is 848. The van der Waals surface area contributed by atoms with Crippen molar-refractivity contribution in [3.05, 3.63) is 84.2 Å². The fourth-order valence-corrected chi connectivity index (χ4v) is 2.70. The van der Waals surface area contributed by atoms with Gasteiger partial charge in [-0.3, -0.25) is 9.78 Å². The minimum absolute atomic E-state index is 0.0849. The van der Waals surface area contributed by atoms with Crippen LogP contribution in [0, 0.1) is 0 Å². The Morgan fingerprint density at radius 1 is 1.00 bits per heavy atom. The first-order chi connectivity index (χ1) is 12.2. The van der Waals surface area contributed by atoms with Crippen LogP contribution in [0.25, 0.3) is 11.1 Å². The van der Waals surface area contributed by atoms with E-state index in [-0.39, 0.29) is 11.9 Å². The Labute approximate surface area is 147 Å². The topological polar surface area (TPSA) is 51.2 Å². The lowest BCUT2D eigenvalue weighted by Crippen LogP contribution is -2.27. The molecule has 0 fully saturated rings. The van der Waals surface area contributed by atoms with E-state index in [1.54, 1.807) is 25.6 Å². The summed E-state index contributed by atoms with van der Waals surface area (Å²) in [6.07, 6.45) is 3.48. The van der Waals surface area contributed by atoms with E-state index in [0.717, 1.165) is 16.7 Å². The molecule has 25 heavy (non-hydrogen) atoms. The fraction of sp³-hybridized carbons (Fsp3) is 0.143. The molecular formula is C21H20N2O2. The summed E-state index contributed by atoms with van der Waals surface area (Å²) >= 11 is 0. The molecule has 0 unspecified atom stereocenters. The van der Waals surface area contributed by atoms with E-state index in [1.807, 2.05) is 61.5 Å². The number of rotatable bonds is 5. The van der Waals surface area contributed by atoms with Gasteiger partial charge in [0.2, 0.25) is 0 Å². The van der Waals surface area contributed by atoms with Crippen LogP contribution in [0.2, 0.25) is 0 Å². The van der Waals surface area contributed by atoms with E-state index in [4.69, 9.17) is 4.74 Å². The molecule has 0 aliphatic carbocycles. The molecule has 126 valence electrons. The molecule has 1 heterocycles. The van der Waals surface area contributed by atoms with E-state index in [0.29, 0.717) is 11.3 Å². The van der Waals surface area contributed by atoms with E-state index in [9.17, 15) is 4.79 Å². The first kappa shape index (κ1) is 16.7. The van der Waals surface area contributed by atoms with Gasteiger partial charge in [-0.1, -0.05) is 36.4 Å². The van der Waals surface area contributed by atoms with Gasteiger partial charge in [-0.25, -0.2) is 0 Å². The number of hydrogen-bond acceptors (Lipinski definition) is 3. The first-order valence-corrected chi connectivity index (χ1v) is 8.13. The van der Waals surface area contributed by atoms with Crippen molar-refractivity contribution in [1.82, 2.24) is 10.3 Å². The zero-order valence-corrected chi connectivity index (χ0v) is 14.3. The molecule has 4 nitrogen and oxygen atoms in total. The summed E-state index contributed by atoms with van der Waals surface area (Å²) < 4.78 is 5.44. The van der Waals surface area contributed by atoms with Gasteiger partial charge in [-0.15, -0.1) is 0 Å². The van der Waals surface area contributed by atoms with E-state index in [1.165, 1.54) is 0 Å². The van der Waals surface area contributed by atoms with Gasteiger partial charge < -0.3 is 10.1 Å². The highest BCUT2D eigenvalue weighted by molar-refractivity contribution is 5.97. The number of carbonyl (C=O) groups is 1. The number of ether oxygens (including phenoxy) is 1. The molecule has 0 aliphatic heterocycles. The number of nitrogens with one attached hydrogen (secondary N) is 1. The van der Waals surface area contributed by atoms with Crippen molar-refractivity contribution in [1.29, 1.82) is 0 Å². The fourth-order valence-electron chi connectivity index (χ4n) is 2.70. The normalized spacial score (nSPS) is 11.6. The predicted octanol–water partition coefficient (Wildman–Crippen LogP) is 4.25. The minimum atomic E-state index is -0.158. The monoisotopic (exact) mass is 332 g/mol. The van der Waals surface area contributed by atoms with Crippen molar-refractivity contribution in [3.63, 3.8) is 0 Å². The summed E-state index contributed by atoms with van der Waals surface area (Å²) in [6.45, 7) is 1.96. The van der Waals surface area contributed by atoms with Crippen molar-refractivity contribution in [2.45, 2.75) is 13.0 Å². The number of methoxy groups -OCH3 is 1. The Morgan fingerprint density at radius 3 is 2.40 bits per heavy atom. The molecule has 3 aromatic rings. The van der Waals surface area contributed by atoms with Crippen LogP contribution in [0.1, 0.15) is 28.9 Å². The van der Waals surface area contributed by atoms with Gasteiger partial charge in [0.1, 0.15) is 5.75 Å². The van der Waals surface area contributed by atoms with Crippen molar-refractivity contribution in [2.24, 2.45) is 0 Å². The third kappa shape index (κ3) is 3.86. The third-order valence-corrected chi connectivity index (χ3v) is 4.11. The molecule has 0 aliphatic rings. The molecule has 0 bridgehead atoms. The first-order valence-electron chi connectivity index (χ1n) is 8.13. The Hall–Kier alpha value is -3.14. The van der Waals surface area contributed by atoms with E-state index < -0.39 is 0 Å². The molecule has 1 aromatic heterocycles. The molecule has 4 heteroatoms. The Kier molecular flexibility index (Phi) is 5.09. The largest absolute Gasteiger partial charge is 0.496 e. The lowest BCUT2D eigenvalue weighted by molar-refractivity contribution is 0.0937. The van der Waals surface area contributed by atoms with E-state index in [2.05, 4.69) is 10.3 Å². The smallest absolute Gasteiger partial charge is 0.255 e. The van der Waals surface area contributed by atoms with Crippen molar-refractivity contribution in [3.8, 4) is 16.9 Å². The van der Waals surface area contributed by atoms with Gasteiger partial charge in [0, 0.05) is 12.4 Å². The number of nitrogens with zero attached hydrogens (tertiary/aromatic N) is 1. The van der Waals surface area contributed by atoms with Crippen molar-refractivity contribution in [2.75, 3.05) is 7.11 Å². The van der Waals surface area contributed by atoms with Gasteiger partial charge >= 0.3 is 0 Å². The van der Waals surface area contributed by atoms with Crippen LogP contribution < -0.4 is 10.1 Å². The number of amides is 1. The van der Waals surface area contributed by atoms with Crippen LogP contribution >= 0.6 is 0 Å². The van der Waals surface area contributed by atoms with Gasteiger partial charge in [0.15, 0.2) is 0 Å². The van der Waals surface area contributed by atoms with Gasteiger partial charge in [-0.2, -0.15) is 0 Å². The highest BCUT2D eigenvalue weighted by Gasteiger charge is 2.16. The van der Waals surface area contributed by atoms with Crippen molar-refractivity contribution < 1.29 is 9.53 Å². The van der Waals surface area contributed by atoms with E-state index >= 15 is 0 Å². The molecule has 0 saturated carbocycles. The summed E-state index contributed by atoms with van der Waals surface area (Å²) in [6, 6.07) is 19.2. The zero-order chi connectivity index (χ0) is 17.6. The van der Waals surface area contributed by atoms with Crippen LogP contribution in [-0.4, -0.2) is 18.0 Å². The molecule has 0 radical (unpaired) electrons. The third-order valence-electron chi connectivity index (χ3n) is 4.11. The summed E-state index contributed by atoms with van der Waals surface area (Å²) in [4.78, 5) is 16.7. The lowest BCUT2D eigenvalue weighted by atomic mass is 10.0. The number of benzene rings is 2. The van der Waals surface area contributed by atoms with Crippen LogP contribution in [0.15, 0.2) is 73.1 Å². The second-order valence-electron chi connectivity index (χ2n) is 5.76. The van der Waals surface area contributed by atoms with Crippen LogP contribution in [0.3, 0.4) is 0 Å². The Morgan fingerprint density at radius 2 is 1.72 bits per heavy atom. The molecule has 0 spiro atoms. The summed E-state index contributed by atoms with van der Waals surface area (Å²) in [5, 5.41) is 3.02. The highest BCUT2D eigenvalue weighted by atomic mass is 16.5. The van der Waals surface area contributed by atoms with Crippen LogP contribution in [0.4, 0.5) is 0 Å². The molecule has 1 amide bonds. The zero-order valence-electron chi connectivity index (χ0n) is 14.3. The average Bonchev–Trinajstić information content (AvgIpc) is 2.68. The number of carbonyl (C=O) groups excluding carboxylic acids is 1. The maximum atomic E-state index is 12.7. The molecule has 3 rings (SSSR count). The number of hydrogen-bond donors (Lipinski definition) is 1. The van der Waals surface area contributed by atoms with Gasteiger partial charge in [0.05, 0.1) is 18.7 Å². The standard InChI is InChI=1S/C21H20N2O2/c1-15(16-6-4-3-5-7-16)23-21(24)19-9-8-18(14-20(19)25-2)17-10-12-22-13-11-17/h3-15H,1-2H3,(H,23,24)/t15-/m0/s1. The van der Waals surface area contributed by atoms with Crippen LogP contribution in [0.5, 0.6) is 5.75 Å². The maximum absolute atomic E-state index is 12.7.